The van der Waals surface area contributed by atoms with E-state index in [0.717, 1.165) is 16.6 Å². The van der Waals surface area contributed by atoms with Crippen molar-refractivity contribution in [3.8, 4) is 11.4 Å². The number of thioether (sulfide) groups is 1. The summed E-state index contributed by atoms with van der Waals surface area (Å²) in [6, 6.07) is 7.57. The van der Waals surface area contributed by atoms with Crippen LogP contribution in [0.25, 0.3) is 5.69 Å². The molecule has 1 aromatic carbocycles. The van der Waals surface area contributed by atoms with Gasteiger partial charge in [0.1, 0.15) is 12.4 Å². The lowest BCUT2D eigenvalue weighted by Crippen LogP contribution is -2.27. The normalized spacial score (nSPS) is 10.5. The van der Waals surface area contributed by atoms with Crippen LogP contribution in [0, 0.1) is 0 Å². The Morgan fingerprint density at radius 1 is 1.27 bits per heavy atom. The molecular formula is C14H18N4O3S. The van der Waals surface area contributed by atoms with E-state index in [9.17, 15) is 4.79 Å². The number of nitrogens with zero attached hydrogens (tertiary/aromatic N) is 3. The number of aromatic nitrogens is 3. The smallest absolute Gasteiger partial charge is 0.246 e. The Morgan fingerprint density at radius 3 is 2.59 bits per heavy atom. The lowest BCUT2D eigenvalue weighted by Gasteiger charge is -2.10. The number of hydrogen-bond acceptors (Lipinski definition) is 6. The van der Waals surface area contributed by atoms with Gasteiger partial charge in [0.25, 0.3) is 0 Å². The van der Waals surface area contributed by atoms with E-state index >= 15 is 0 Å². The molecule has 8 heteroatoms. The fourth-order valence-electron chi connectivity index (χ4n) is 1.90. The zero-order valence-electron chi connectivity index (χ0n) is 12.7. The maximum atomic E-state index is 11.5. The number of hydrogen-bond donors (Lipinski definition) is 1. The van der Waals surface area contributed by atoms with Crippen molar-refractivity contribution in [2.24, 2.45) is 0 Å². The summed E-state index contributed by atoms with van der Waals surface area (Å²) in [5.41, 5.74) is 0.908. The van der Waals surface area contributed by atoms with Crippen LogP contribution in [-0.2, 0) is 16.1 Å². The fourth-order valence-corrected chi connectivity index (χ4v) is 2.41. The minimum Gasteiger partial charge on any atom is -0.497 e. The molecule has 0 aliphatic carbocycles. The van der Waals surface area contributed by atoms with Gasteiger partial charge in [0.2, 0.25) is 5.91 Å². The van der Waals surface area contributed by atoms with Crippen molar-refractivity contribution < 1.29 is 14.3 Å². The Kier molecular flexibility index (Phi) is 5.79. The molecule has 0 spiro atoms. The van der Waals surface area contributed by atoms with Crippen molar-refractivity contribution in [1.29, 1.82) is 0 Å². The zero-order chi connectivity index (χ0) is 15.9. The van der Waals surface area contributed by atoms with Gasteiger partial charge in [-0.3, -0.25) is 9.36 Å². The predicted octanol–water partition coefficient (Wildman–Crippen LogP) is 1.26. The van der Waals surface area contributed by atoms with E-state index in [0.29, 0.717) is 5.82 Å². The predicted molar refractivity (Wildman–Crippen MR) is 83.4 cm³/mol. The summed E-state index contributed by atoms with van der Waals surface area (Å²) < 4.78 is 11.8. The average molecular weight is 322 g/mol. The van der Waals surface area contributed by atoms with Crippen molar-refractivity contribution >= 4 is 17.7 Å². The second-order valence-corrected chi connectivity index (χ2v) is 5.12. The monoisotopic (exact) mass is 322 g/mol. The second kappa shape index (κ2) is 7.81. The fraction of sp³-hybridized carbons (Fsp3) is 0.357. The summed E-state index contributed by atoms with van der Waals surface area (Å²) in [4.78, 5) is 11.5. The van der Waals surface area contributed by atoms with Gasteiger partial charge < -0.3 is 14.8 Å². The number of carbonyl (C=O) groups is 1. The molecule has 1 amide bonds. The maximum absolute atomic E-state index is 11.5. The molecule has 1 N–H and O–H groups in total. The quantitative estimate of drug-likeness (QED) is 0.773. The van der Waals surface area contributed by atoms with Gasteiger partial charge in [0, 0.05) is 12.8 Å². The number of nitrogens with one attached hydrogen (secondary N) is 1. The highest BCUT2D eigenvalue weighted by Gasteiger charge is 2.14. The van der Waals surface area contributed by atoms with Crippen LogP contribution in [0.4, 0.5) is 0 Å². The van der Waals surface area contributed by atoms with Crippen LogP contribution in [0.1, 0.15) is 5.82 Å². The summed E-state index contributed by atoms with van der Waals surface area (Å²) in [5, 5.41) is 11.8. The molecule has 2 rings (SSSR count). The van der Waals surface area contributed by atoms with Crippen LogP contribution in [0.2, 0.25) is 0 Å². The first-order valence-corrected chi connectivity index (χ1v) is 7.80. The molecule has 0 aliphatic rings. The van der Waals surface area contributed by atoms with Crippen LogP contribution in [-0.4, -0.2) is 47.8 Å². The van der Waals surface area contributed by atoms with Gasteiger partial charge in [-0.25, -0.2) is 0 Å². The maximum Gasteiger partial charge on any atom is 0.246 e. The molecule has 1 heterocycles. The van der Waals surface area contributed by atoms with Crippen LogP contribution in [0.3, 0.4) is 0 Å². The van der Waals surface area contributed by atoms with Gasteiger partial charge in [-0.2, -0.15) is 0 Å². The topological polar surface area (TPSA) is 78.3 Å². The summed E-state index contributed by atoms with van der Waals surface area (Å²) >= 11 is 1.49. The van der Waals surface area contributed by atoms with Crippen molar-refractivity contribution in [2.45, 2.75) is 11.7 Å². The summed E-state index contributed by atoms with van der Waals surface area (Å²) in [6.07, 6.45) is 1.93. The third-order valence-electron chi connectivity index (χ3n) is 2.93. The lowest BCUT2D eigenvalue weighted by atomic mass is 10.3. The number of ether oxygens (including phenoxy) is 2. The molecule has 0 saturated carbocycles. The molecule has 0 atom stereocenters. The number of amides is 1. The number of benzene rings is 1. The van der Waals surface area contributed by atoms with Gasteiger partial charge in [0.15, 0.2) is 11.0 Å². The second-order valence-electron chi connectivity index (χ2n) is 4.35. The van der Waals surface area contributed by atoms with Crippen molar-refractivity contribution in [2.75, 3.05) is 27.1 Å². The molecule has 0 saturated heterocycles. The first-order chi connectivity index (χ1) is 10.7. The molecule has 118 valence electrons. The van der Waals surface area contributed by atoms with Crippen LogP contribution in [0.15, 0.2) is 29.4 Å². The third kappa shape index (κ3) is 3.77. The number of methoxy groups -OCH3 is 2. The van der Waals surface area contributed by atoms with Crippen LogP contribution >= 0.6 is 11.8 Å². The van der Waals surface area contributed by atoms with Gasteiger partial charge in [-0.1, -0.05) is 11.8 Å². The van der Waals surface area contributed by atoms with Crippen LogP contribution in [0.5, 0.6) is 5.75 Å². The third-order valence-corrected chi connectivity index (χ3v) is 3.56. The van der Waals surface area contributed by atoms with E-state index in [1.807, 2.05) is 35.1 Å². The molecule has 2 aromatic rings. The van der Waals surface area contributed by atoms with E-state index in [-0.39, 0.29) is 19.1 Å². The van der Waals surface area contributed by atoms with Gasteiger partial charge in [-0.15, -0.1) is 10.2 Å². The molecule has 0 unspecified atom stereocenters. The molecule has 0 radical (unpaired) electrons. The van der Waals surface area contributed by atoms with E-state index in [2.05, 4.69) is 15.5 Å². The Balaban J connectivity index is 2.24. The first-order valence-electron chi connectivity index (χ1n) is 6.58. The highest BCUT2D eigenvalue weighted by Crippen LogP contribution is 2.22. The lowest BCUT2D eigenvalue weighted by molar-refractivity contribution is -0.124. The van der Waals surface area contributed by atoms with Crippen molar-refractivity contribution in [3.63, 3.8) is 0 Å². The number of carbonyl (C=O) groups excluding carboxylic acids is 1. The minimum atomic E-state index is -0.197. The van der Waals surface area contributed by atoms with Gasteiger partial charge in [0.05, 0.1) is 13.7 Å². The summed E-state index contributed by atoms with van der Waals surface area (Å²) in [7, 11) is 3.10. The first kappa shape index (κ1) is 16.3. The Morgan fingerprint density at radius 2 is 2.00 bits per heavy atom. The molecule has 0 fully saturated rings. The van der Waals surface area contributed by atoms with Crippen molar-refractivity contribution in [3.05, 3.63) is 30.1 Å². The van der Waals surface area contributed by atoms with E-state index in [1.54, 1.807) is 7.11 Å². The standard InChI is InChI=1S/C14H18N4O3S/c1-20-9-13(19)15-8-12-16-17-14(22-3)18(12)10-4-6-11(21-2)7-5-10/h4-7H,8-9H2,1-3H3,(H,15,19). The molecule has 22 heavy (non-hydrogen) atoms. The van der Waals surface area contributed by atoms with E-state index in [4.69, 9.17) is 9.47 Å². The Labute approximate surface area is 133 Å². The Bertz CT molecular complexity index is 628. The summed E-state index contributed by atoms with van der Waals surface area (Å²) in [6.45, 7) is 0.299. The van der Waals surface area contributed by atoms with E-state index in [1.165, 1.54) is 18.9 Å². The van der Waals surface area contributed by atoms with Crippen LogP contribution < -0.4 is 10.1 Å². The molecule has 7 nitrogen and oxygen atoms in total. The average Bonchev–Trinajstić information content (AvgIpc) is 2.96. The minimum absolute atomic E-state index is 0.0199. The summed E-state index contributed by atoms with van der Waals surface area (Å²) in [5.74, 6) is 1.23. The van der Waals surface area contributed by atoms with Gasteiger partial charge in [-0.05, 0) is 30.5 Å². The van der Waals surface area contributed by atoms with Gasteiger partial charge >= 0.3 is 0 Å². The van der Waals surface area contributed by atoms with E-state index < -0.39 is 0 Å². The largest absolute Gasteiger partial charge is 0.497 e. The highest BCUT2D eigenvalue weighted by atomic mass is 32.2. The molecule has 1 aromatic heterocycles. The Hall–Kier alpha value is -2.06. The molecular weight excluding hydrogens is 304 g/mol. The van der Waals surface area contributed by atoms with Crippen molar-refractivity contribution in [1.82, 2.24) is 20.1 Å². The SMILES string of the molecule is COCC(=O)NCc1nnc(SC)n1-c1ccc(OC)cc1. The zero-order valence-corrected chi connectivity index (χ0v) is 13.5. The highest BCUT2D eigenvalue weighted by molar-refractivity contribution is 7.98. The molecule has 0 bridgehead atoms. The number of rotatable bonds is 7. The molecule has 0 aliphatic heterocycles.